The molecule has 0 radical (unpaired) electrons. The van der Waals surface area contributed by atoms with Gasteiger partial charge < -0.3 is 10.1 Å². The van der Waals surface area contributed by atoms with Gasteiger partial charge in [0.1, 0.15) is 10.6 Å². The third kappa shape index (κ3) is 5.14. The predicted octanol–water partition coefficient (Wildman–Crippen LogP) is 5.17. The van der Waals surface area contributed by atoms with Gasteiger partial charge in [-0.2, -0.15) is 5.10 Å². The predicted molar refractivity (Wildman–Crippen MR) is 134 cm³/mol. The van der Waals surface area contributed by atoms with Crippen molar-refractivity contribution in [1.29, 1.82) is 0 Å². The highest BCUT2D eigenvalue weighted by atomic mass is 35.5. The molecule has 2 amide bonds. The lowest BCUT2D eigenvalue weighted by Gasteiger charge is -2.07. The van der Waals surface area contributed by atoms with Crippen molar-refractivity contribution in [2.24, 2.45) is 5.10 Å². The second kappa shape index (κ2) is 10.3. The molecule has 1 aromatic heterocycles. The summed E-state index contributed by atoms with van der Waals surface area (Å²) in [5, 5.41) is 7.46. The fraction of sp³-hybridized carbons (Fsp3) is 0.0400. The number of carbonyl (C=O) groups is 3. The van der Waals surface area contributed by atoms with Gasteiger partial charge in [0.15, 0.2) is 0 Å². The number of amides is 2. The summed E-state index contributed by atoms with van der Waals surface area (Å²) in [4.78, 5) is 37.2. The van der Waals surface area contributed by atoms with Gasteiger partial charge in [-0.3, -0.25) is 9.59 Å². The number of hydrogen-bond donors (Lipinski definition) is 2. The molecule has 0 spiro atoms. The monoisotopic (exact) mass is 491 g/mol. The quantitative estimate of drug-likeness (QED) is 0.132. The molecule has 2 N–H and O–H groups in total. The molecule has 0 atom stereocenters. The largest absolute Gasteiger partial charge is 0.422 e. The van der Waals surface area contributed by atoms with Gasteiger partial charge in [0.2, 0.25) is 0 Å². The Bertz CT molecular complexity index is 1430. The van der Waals surface area contributed by atoms with Crippen LogP contribution in [0.5, 0.6) is 5.75 Å². The van der Waals surface area contributed by atoms with E-state index in [9.17, 15) is 14.4 Å². The molecule has 34 heavy (non-hydrogen) atoms. The van der Waals surface area contributed by atoms with Gasteiger partial charge in [0.25, 0.3) is 0 Å². The number of halogens is 1. The molecular formula is C25H18ClN3O4S. The summed E-state index contributed by atoms with van der Waals surface area (Å²) in [6, 6.07) is 21.2. The number of aryl methyl sites for hydroxylation is 1. The summed E-state index contributed by atoms with van der Waals surface area (Å²) in [5.74, 6) is -2.17. The molecule has 7 nitrogen and oxygen atoms in total. The molecule has 0 bridgehead atoms. The minimum absolute atomic E-state index is 0.225. The average molecular weight is 492 g/mol. The van der Waals surface area contributed by atoms with E-state index in [0.29, 0.717) is 16.3 Å². The van der Waals surface area contributed by atoms with Crippen LogP contribution < -0.4 is 15.5 Å². The molecule has 9 heteroatoms. The van der Waals surface area contributed by atoms with Crippen LogP contribution in [0.2, 0.25) is 5.02 Å². The van der Waals surface area contributed by atoms with Crippen molar-refractivity contribution in [3.05, 3.63) is 93.8 Å². The Labute approximate surface area is 204 Å². The number of nitrogens with one attached hydrogen (secondary N) is 2. The third-order valence-electron chi connectivity index (χ3n) is 4.81. The van der Waals surface area contributed by atoms with Gasteiger partial charge in [-0.25, -0.2) is 10.2 Å². The zero-order valence-electron chi connectivity index (χ0n) is 17.9. The molecule has 0 fully saturated rings. The lowest BCUT2D eigenvalue weighted by atomic mass is 10.2. The van der Waals surface area contributed by atoms with Crippen LogP contribution in [0.15, 0.2) is 77.9 Å². The van der Waals surface area contributed by atoms with Crippen molar-refractivity contribution in [3.8, 4) is 5.75 Å². The minimum atomic E-state index is -0.939. The molecule has 4 rings (SSSR count). The van der Waals surface area contributed by atoms with Crippen molar-refractivity contribution in [3.63, 3.8) is 0 Å². The van der Waals surface area contributed by atoms with Crippen molar-refractivity contribution >= 4 is 62.7 Å². The lowest BCUT2D eigenvalue weighted by molar-refractivity contribution is -0.136. The van der Waals surface area contributed by atoms with Crippen LogP contribution in [0.3, 0.4) is 0 Å². The van der Waals surface area contributed by atoms with Crippen molar-refractivity contribution < 1.29 is 19.1 Å². The first-order valence-corrected chi connectivity index (χ1v) is 11.3. The van der Waals surface area contributed by atoms with Gasteiger partial charge in [-0.15, -0.1) is 11.3 Å². The Hall–Kier alpha value is -4.01. The SMILES string of the molecule is Cc1ccccc1NC(=O)C(=O)N/N=C/c1ccccc1OC(=O)c1sc2ccccc2c1Cl. The van der Waals surface area contributed by atoms with Crippen LogP contribution >= 0.6 is 22.9 Å². The van der Waals surface area contributed by atoms with Gasteiger partial charge in [-0.1, -0.05) is 60.1 Å². The highest BCUT2D eigenvalue weighted by Gasteiger charge is 2.20. The van der Waals surface area contributed by atoms with Crippen molar-refractivity contribution in [2.75, 3.05) is 5.32 Å². The zero-order valence-corrected chi connectivity index (χ0v) is 19.4. The Morgan fingerprint density at radius 1 is 0.941 bits per heavy atom. The number of hydrazone groups is 1. The van der Waals surface area contributed by atoms with Crippen LogP contribution in [-0.2, 0) is 9.59 Å². The van der Waals surface area contributed by atoms with E-state index in [1.54, 1.807) is 36.4 Å². The van der Waals surface area contributed by atoms with Crippen LogP contribution in [0.1, 0.15) is 20.8 Å². The van der Waals surface area contributed by atoms with Crippen molar-refractivity contribution in [1.82, 2.24) is 5.43 Å². The van der Waals surface area contributed by atoms with Crippen LogP contribution in [-0.4, -0.2) is 24.0 Å². The molecule has 0 aliphatic heterocycles. The maximum absolute atomic E-state index is 12.8. The molecule has 0 saturated carbocycles. The molecule has 4 aromatic rings. The maximum Gasteiger partial charge on any atom is 0.355 e. The van der Waals surface area contributed by atoms with E-state index >= 15 is 0 Å². The van der Waals surface area contributed by atoms with E-state index in [1.165, 1.54) is 17.6 Å². The van der Waals surface area contributed by atoms with Gasteiger partial charge in [0.05, 0.1) is 11.2 Å². The smallest absolute Gasteiger partial charge is 0.355 e. The molecule has 0 saturated heterocycles. The summed E-state index contributed by atoms with van der Waals surface area (Å²) in [5.41, 5.74) is 3.94. The zero-order chi connectivity index (χ0) is 24.1. The second-order valence-corrected chi connectivity index (χ2v) is 8.57. The third-order valence-corrected chi connectivity index (χ3v) is 6.47. The topological polar surface area (TPSA) is 96.9 Å². The maximum atomic E-state index is 12.8. The number of hydrogen-bond acceptors (Lipinski definition) is 6. The van der Waals surface area contributed by atoms with E-state index in [0.717, 1.165) is 15.6 Å². The number of benzene rings is 3. The Kier molecular flexibility index (Phi) is 7.01. The van der Waals surface area contributed by atoms with Crippen LogP contribution in [0.25, 0.3) is 10.1 Å². The summed E-state index contributed by atoms with van der Waals surface area (Å²) in [7, 11) is 0. The summed E-state index contributed by atoms with van der Waals surface area (Å²) < 4.78 is 6.42. The number of carbonyl (C=O) groups excluding carboxylic acids is 3. The minimum Gasteiger partial charge on any atom is -0.422 e. The van der Waals surface area contributed by atoms with Gasteiger partial charge in [-0.05, 0) is 36.8 Å². The van der Waals surface area contributed by atoms with E-state index in [1.807, 2.05) is 43.3 Å². The van der Waals surface area contributed by atoms with Crippen LogP contribution in [0, 0.1) is 6.92 Å². The molecule has 3 aromatic carbocycles. The number of esters is 1. The first kappa shape index (κ1) is 23.2. The number of nitrogens with zero attached hydrogens (tertiary/aromatic N) is 1. The fourth-order valence-corrected chi connectivity index (χ4v) is 4.46. The highest BCUT2D eigenvalue weighted by molar-refractivity contribution is 7.21. The van der Waals surface area contributed by atoms with Gasteiger partial charge >= 0.3 is 17.8 Å². The van der Waals surface area contributed by atoms with E-state index < -0.39 is 17.8 Å². The van der Waals surface area contributed by atoms with E-state index in [-0.39, 0.29) is 10.6 Å². The van der Waals surface area contributed by atoms with Gasteiger partial charge in [0, 0.05) is 21.3 Å². The number of para-hydroxylation sites is 2. The Morgan fingerprint density at radius 3 is 2.44 bits per heavy atom. The number of thiophene rings is 1. The summed E-state index contributed by atoms with van der Waals surface area (Å²) >= 11 is 7.61. The van der Waals surface area contributed by atoms with E-state index in [2.05, 4.69) is 15.8 Å². The Balaban J connectivity index is 1.43. The molecule has 1 heterocycles. The number of rotatable bonds is 5. The molecule has 0 aliphatic carbocycles. The number of ether oxygens (including phenoxy) is 1. The second-order valence-electron chi connectivity index (χ2n) is 7.14. The van der Waals surface area contributed by atoms with Crippen LogP contribution in [0.4, 0.5) is 5.69 Å². The average Bonchev–Trinajstić information content (AvgIpc) is 3.18. The highest BCUT2D eigenvalue weighted by Crippen LogP contribution is 2.36. The normalized spacial score (nSPS) is 10.9. The Morgan fingerprint density at radius 2 is 1.65 bits per heavy atom. The molecule has 170 valence electrons. The molecule has 0 unspecified atom stereocenters. The first-order chi connectivity index (χ1) is 16.4. The standard InChI is InChI=1S/C25H18ClN3O4S/c1-15-8-2-5-11-18(15)28-23(30)24(31)29-27-14-16-9-3-6-12-19(16)33-25(32)22-21(26)17-10-4-7-13-20(17)34-22/h2-14H,1H3,(H,28,30)(H,29,31)/b27-14+. The molecule has 0 aliphatic rings. The summed E-state index contributed by atoms with van der Waals surface area (Å²) in [6.07, 6.45) is 1.29. The summed E-state index contributed by atoms with van der Waals surface area (Å²) in [6.45, 7) is 1.82. The number of anilines is 1. The van der Waals surface area contributed by atoms with E-state index in [4.69, 9.17) is 16.3 Å². The molecular weight excluding hydrogens is 474 g/mol. The fourth-order valence-electron chi connectivity index (χ4n) is 3.08. The first-order valence-electron chi connectivity index (χ1n) is 10.1. The lowest BCUT2D eigenvalue weighted by Crippen LogP contribution is -2.32. The number of fused-ring (bicyclic) bond motifs is 1. The van der Waals surface area contributed by atoms with Crippen molar-refractivity contribution in [2.45, 2.75) is 6.92 Å².